The molecule has 2 bridgehead atoms. The molecule has 0 saturated heterocycles. The van der Waals surface area contributed by atoms with E-state index in [0.717, 1.165) is 5.92 Å². The lowest BCUT2D eigenvalue weighted by Crippen LogP contribution is -2.20. The van der Waals surface area contributed by atoms with Crippen LogP contribution in [0.4, 0.5) is 0 Å². The number of allylic oxidation sites excluding steroid dienone is 2. The van der Waals surface area contributed by atoms with E-state index in [2.05, 4.69) is 44.1 Å². The van der Waals surface area contributed by atoms with Crippen molar-refractivity contribution in [2.75, 3.05) is 0 Å². The summed E-state index contributed by atoms with van der Waals surface area (Å²) in [7, 11) is 0. The predicted octanol–water partition coefficient (Wildman–Crippen LogP) is 4.43. The monoisotopic (exact) mass is 227 g/mol. The molecule has 1 nitrogen and oxygen atoms in total. The van der Waals surface area contributed by atoms with E-state index in [9.17, 15) is 0 Å². The van der Waals surface area contributed by atoms with E-state index in [1.54, 1.807) is 11.1 Å². The van der Waals surface area contributed by atoms with Crippen LogP contribution in [0.3, 0.4) is 0 Å². The number of pyridine rings is 1. The van der Waals surface area contributed by atoms with Crippen molar-refractivity contribution in [2.45, 2.75) is 57.8 Å². The molecule has 2 aliphatic rings. The van der Waals surface area contributed by atoms with Gasteiger partial charge in [0.2, 0.25) is 0 Å². The number of hydrogen-bond donors (Lipinski definition) is 0. The summed E-state index contributed by atoms with van der Waals surface area (Å²) in [5.41, 5.74) is 6.12. The first-order chi connectivity index (χ1) is 8.20. The summed E-state index contributed by atoms with van der Waals surface area (Å²) in [4.78, 5) is 4.64. The zero-order valence-electron chi connectivity index (χ0n) is 11.1. The lowest BCUT2D eigenvalue weighted by Gasteiger charge is -2.27. The van der Waals surface area contributed by atoms with Crippen molar-refractivity contribution in [3.05, 3.63) is 35.2 Å². The third kappa shape index (κ3) is 1.41. The molecule has 2 aliphatic carbocycles. The fourth-order valence-corrected chi connectivity index (χ4v) is 3.76. The molecule has 90 valence electrons. The van der Waals surface area contributed by atoms with Crippen molar-refractivity contribution in [3.63, 3.8) is 0 Å². The molecular weight excluding hydrogens is 206 g/mol. The van der Waals surface area contributed by atoms with E-state index in [-0.39, 0.29) is 0 Å². The largest absolute Gasteiger partial charge is 0.256 e. The number of rotatable bonds is 2. The highest BCUT2D eigenvalue weighted by Gasteiger charge is 2.47. The Kier molecular flexibility index (Phi) is 2.39. The maximum atomic E-state index is 4.64. The van der Waals surface area contributed by atoms with Gasteiger partial charge in [-0.2, -0.15) is 0 Å². The van der Waals surface area contributed by atoms with Gasteiger partial charge in [-0.1, -0.05) is 13.0 Å². The van der Waals surface area contributed by atoms with Crippen LogP contribution in [0, 0.1) is 0 Å². The second-order valence-corrected chi connectivity index (χ2v) is 5.70. The summed E-state index contributed by atoms with van der Waals surface area (Å²) < 4.78 is 0. The Bertz CT molecular complexity index is 486. The molecule has 1 heterocycles. The Hall–Kier alpha value is -1.11. The minimum absolute atomic E-state index is 0.492. The van der Waals surface area contributed by atoms with Crippen LogP contribution in [0.2, 0.25) is 0 Å². The van der Waals surface area contributed by atoms with Crippen molar-refractivity contribution in [2.24, 2.45) is 0 Å². The van der Waals surface area contributed by atoms with Crippen LogP contribution >= 0.6 is 0 Å². The zero-order chi connectivity index (χ0) is 12.0. The Morgan fingerprint density at radius 2 is 2.41 bits per heavy atom. The van der Waals surface area contributed by atoms with Crippen molar-refractivity contribution in [3.8, 4) is 0 Å². The number of hydrogen-bond acceptors (Lipinski definition) is 1. The summed E-state index contributed by atoms with van der Waals surface area (Å²) in [6, 6.07) is 2.37. The topological polar surface area (TPSA) is 12.9 Å². The molecule has 2 unspecified atom stereocenters. The van der Waals surface area contributed by atoms with E-state index in [0.29, 0.717) is 5.41 Å². The van der Waals surface area contributed by atoms with Crippen LogP contribution in [0.5, 0.6) is 0 Å². The summed E-state index contributed by atoms with van der Waals surface area (Å²) in [5.74, 6) is 0.803. The molecular formula is C16H21N. The number of aromatic nitrogens is 1. The molecule has 0 aromatic carbocycles. The highest BCUT2D eigenvalue weighted by atomic mass is 14.7. The highest BCUT2D eigenvalue weighted by molar-refractivity contribution is 5.62. The second-order valence-electron chi connectivity index (χ2n) is 5.70. The van der Waals surface area contributed by atoms with Gasteiger partial charge in [0.1, 0.15) is 0 Å². The molecule has 0 spiro atoms. The first-order valence-electron chi connectivity index (χ1n) is 6.84. The molecule has 2 atom stereocenters. The molecule has 1 saturated carbocycles. The van der Waals surface area contributed by atoms with Gasteiger partial charge in [0.05, 0.1) is 5.69 Å². The summed E-state index contributed by atoms with van der Waals surface area (Å²) >= 11 is 0. The van der Waals surface area contributed by atoms with Gasteiger partial charge in [-0.15, -0.1) is 0 Å². The quantitative estimate of drug-likeness (QED) is 0.728. The molecule has 0 aliphatic heterocycles. The molecule has 0 amide bonds. The van der Waals surface area contributed by atoms with Gasteiger partial charge < -0.3 is 0 Å². The van der Waals surface area contributed by atoms with Gasteiger partial charge in [0.25, 0.3) is 0 Å². The average molecular weight is 227 g/mol. The van der Waals surface area contributed by atoms with Gasteiger partial charge in [-0.25, -0.2) is 0 Å². The lowest BCUT2D eigenvalue weighted by atomic mass is 9.77. The van der Waals surface area contributed by atoms with Crippen LogP contribution in [-0.2, 0) is 5.41 Å². The van der Waals surface area contributed by atoms with E-state index in [4.69, 9.17) is 0 Å². The minimum atomic E-state index is 0.492. The molecule has 3 rings (SSSR count). The molecule has 1 heteroatoms. The molecule has 1 fully saturated rings. The van der Waals surface area contributed by atoms with Crippen molar-refractivity contribution in [1.29, 1.82) is 0 Å². The molecule has 0 radical (unpaired) electrons. The third-order valence-corrected chi connectivity index (χ3v) is 5.07. The normalized spacial score (nSPS) is 30.8. The first kappa shape index (κ1) is 11.0. The summed E-state index contributed by atoms with van der Waals surface area (Å²) in [6.45, 7) is 6.59. The second kappa shape index (κ2) is 3.69. The molecule has 17 heavy (non-hydrogen) atoms. The number of nitrogens with zero attached hydrogens (tertiary/aromatic N) is 1. The zero-order valence-corrected chi connectivity index (χ0v) is 11.1. The van der Waals surface area contributed by atoms with E-state index < -0.39 is 0 Å². The van der Waals surface area contributed by atoms with Gasteiger partial charge in [0, 0.05) is 6.20 Å². The standard InChI is InChI=1S/C16H21N/c1-4-11(3)15-8-14-13(10-17-15)12-6-7-16(14,5-2)9-12/h4,8,10,12H,5-7,9H2,1-3H3/b11-4+. The Morgan fingerprint density at radius 1 is 1.59 bits per heavy atom. The molecule has 1 aromatic rings. The fourth-order valence-electron chi connectivity index (χ4n) is 3.76. The predicted molar refractivity (Wildman–Crippen MR) is 72.1 cm³/mol. The SMILES string of the molecule is C/C=C(\C)c1cc2c(cn1)C1CCC2(CC)C1. The Morgan fingerprint density at radius 3 is 3.12 bits per heavy atom. The minimum Gasteiger partial charge on any atom is -0.256 e. The van der Waals surface area contributed by atoms with Crippen LogP contribution < -0.4 is 0 Å². The number of fused-ring (bicyclic) bond motifs is 5. The molecule has 0 N–H and O–H groups in total. The molecule has 1 aromatic heterocycles. The third-order valence-electron chi connectivity index (χ3n) is 5.07. The van der Waals surface area contributed by atoms with Gasteiger partial charge in [-0.05, 0) is 73.6 Å². The summed E-state index contributed by atoms with van der Waals surface area (Å²) in [5, 5.41) is 0. The Labute approximate surface area is 104 Å². The smallest absolute Gasteiger partial charge is 0.0658 e. The van der Waals surface area contributed by atoms with Crippen molar-refractivity contribution < 1.29 is 0 Å². The van der Waals surface area contributed by atoms with E-state index >= 15 is 0 Å². The highest BCUT2D eigenvalue weighted by Crippen LogP contribution is 2.58. The lowest BCUT2D eigenvalue weighted by molar-refractivity contribution is 0.436. The van der Waals surface area contributed by atoms with Crippen LogP contribution in [0.25, 0.3) is 5.57 Å². The Balaban J connectivity index is 2.13. The summed E-state index contributed by atoms with van der Waals surface area (Å²) in [6.07, 6.45) is 9.73. The van der Waals surface area contributed by atoms with Crippen LogP contribution in [0.1, 0.15) is 69.2 Å². The van der Waals surface area contributed by atoms with Gasteiger partial charge in [0.15, 0.2) is 0 Å². The van der Waals surface area contributed by atoms with E-state index in [1.165, 1.54) is 37.0 Å². The van der Waals surface area contributed by atoms with Crippen LogP contribution in [0.15, 0.2) is 18.3 Å². The average Bonchev–Trinajstić information content (AvgIpc) is 2.95. The first-order valence-corrected chi connectivity index (χ1v) is 6.84. The fraction of sp³-hybridized carbons (Fsp3) is 0.562. The van der Waals surface area contributed by atoms with E-state index in [1.807, 2.05) is 0 Å². The maximum Gasteiger partial charge on any atom is 0.0658 e. The van der Waals surface area contributed by atoms with Crippen molar-refractivity contribution >= 4 is 5.57 Å². The van der Waals surface area contributed by atoms with Gasteiger partial charge >= 0.3 is 0 Å². The van der Waals surface area contributed by atoms with Crippen molar-refractivity contribution in [1.82, 2.24) is 4.98 Å². The maximum absolute atomic E-state index is 4.64. The van der Waals surface area contributed by atoms with Crippen LogP contribution in [-0.4, -0.2) is 4.98 Å². The van der Waals surface area contributed by atoms with Gasteiger partial charge in [-0.3, -0.25) is 4.98 Å².